The zero-order valence-electron chi connectivity index (χ0n) is 10.2. The summed E-state index contributed by atoms with van der Waals surface area (Å²) in [7, 11) is 0. The van der Waals surface area contributed by atoms with E-state index in [4.69, 9.17) is 5.11 Å². The summed E-state index contributed by atoms with van der Waals surface area (Å²) in [6.07, 6.45) is 6.44. The van der Waals surface area contributed by atoms with E-state index in [1.807, 2.05) is 4.90 Å². The second-order valence-electron chi connectivity index (χ2n) is 5.28. The number of piperidine rings is 1. The molecule has 2 aliphatic rings. The third-order valence-corrected chi connectivity index (χ3v) is 4.04. The largest absolute Gasteiger partial charge is 0.481 e. The van der Waals surface area contributed by atoms with Crippen LogP contribution >= 0.6 is 0 Å². The third-order valence-electron chi connectivity index (χ3n) is 4.04. The second-order valence-corrected chi connectivity index (χ2v) is 5.28. The minimum Gasteiger partial charge on any atom is -0.481 e. The van der Waals surface area contributed by atoms with Crippen LogP contribution in [0.2, 0.25) is 0 Å². The standard InChI is InChI=1S/C13H21NO3/c15-12(14-7-2-1-3-8-14)10-5-4-6-11(9-10)13(16)17/h10-11H,1-9H2,(H,16,17)/t10-,11+/m0/s1. The number of hydrogen-bond acceptors (Lipinski definition) is 2. The molecule has 0 unspecified atom stereocenters. The van der Waals surface area contributed by atoms with E-state index in [1.165, 1.54) is 6.42 Å². The van der Waals surface area contributed by atoms with E-state index in [9.17, 15) is 9.59 Å². The molecule has 4 nitrogen and oxygen atoms in total. The zero-order chi connectivity index (χ0) is 12.3. The van der Waals surface area contributed by atoms with E-state index in [0.717, 1.165) is 45.2 Å². The highest BCUT2D eigenvalue weighted by atomic mass is 16.4. The van der Waals surface area contributed by atoms with E-state index in [2.05, 4.69) is 0 Å². The van der Waals surface area contributed by atoms with Gasteiger partial charge in [-0.15, -0.1) is 0 Å². The van der Waals surface area contributed by atoms with Gasteiger partial charge in [0, 0.05) is 19.0 Å². The third kappa shape index (κ3) is 2.99. The number of rotatable bonds is 2. The topological polar surface area (TPSA) is 57.6 Å². The minimum absolute atomic E-state index is 0.0389. The van der Waals surface area contributed by atoms with Crippen LogP contribution < -0.4 is 0 Å². The number of carbonyl (C=O) groups excluding carboxylic acids is 1. The first-order chi connectivity index (χ1) is 8.18. The van der Waals surface area contributed by atoms with E-state index in [0.29, 0.717) is 6.42 Å². The van der Waals surface area contributed by atoms with Crippen LogP contribution in [-0.4, -0.2) is 35.0 Å². The molecule has 4 heteroatoms. The first-order valence-electron chi connectivity index (χ1n) is 6.70. The number of carbonyl (C=O) groups is 2. The van der Waals surface area contributed by atoms with E-state index in [-0.39, 0.29) is 17.7 Å². The number of aliphatic carboxylic acids is 1. The van der Waals surface area contributed by atoms with E-state index >= 15 is 0 Å². The maximum atomic E-state index is 12.3. The molecule has 1 aliphatic heterocycles. The number of likely N-dealkylation sites (tertiary alicyclic amines) is 1. The zero-order valence-corrected chi connectivity index (χ0v) is 10.2. The smallest absolute Gasteiger partial charge is 0.306 e. The van der Waals surface area contributed by atoms with Crippen molar-refractivity contribution in [2.24, 2.45) is 11.8 Å². The van der Waals surface area contributed by atoms with Gasteiger partial charge in [-0.05, 0) is 38.5 Å². The quantitative estimate of drug-likeness (QED) is 0.800. The fraction of sp³-hybridized carbons (Fsp3) is 0.846. The van der Waals surface area contributed by atoms with Crippen LogP contribution in [0.1, 0.15) is 44.9 Å². The van der Waals surface area contributed by atoms with Crippen molar-refractivity contribution in [3.8, 4) is 0 Å². The minimum atomic E-state index is -0.735. The van der Waals surface area contributed by atoms with Crippen molar-refractivity contribution in [2.45, 2.75) is 44.9 Å². The Morgan fingerprint density at radius 3 is 2.24 bits per heavy atom. The number of carboxylic acids is 1. The van der Waals surface area contributed by atoms with Crippen molar-refractivity contribution in [3.63, 3.8) is 0 Å². The lowest BCUT2D eigenvalue weighted by Gasteiger charge is -2.33. The molecular formula is C13H21NO3. The Bertz CT molecular complexity index is 297. The predicted molar refractivity (Wildman–Crippen MR) is 63.5 cm³/mol. The first kappa shape index (κ1) is 12.4. The summed E-state index contributed by atoms with van der Waals surface area (Å²) in [4.78, 5) is 25.2. The predicted octanol–water partition coefficient (Wildman–Crippen LogP) is 1.89. The van der Waals surface area contributed by atoms with Crippen molar-refractivity contribution >= 4 is 11.9 Å². The molecule has 1 aliphatic carbocycles. The van der Waals surface area contributed by atoms with Gasteiger partial charge in [0.05, 0.1) is 5.92 Å². The maximum Gasteiger partial charge on any atom is 0.306 e. The normalized spacial score (nSPS) is 30.0. The molecule has 17 heavy (non-hydrogen) atoms. The van der Waals surface area contributed by atoms with Crippen LogP contribution in [0.25, 0.3) is 0 Å². The lowest BCUT2D eigenvalue weighted by molar-refractivity contribution is -0.145. The summed E-state index contributed by atoms with van der Waals surface area (Å²) in [5.74, 6) is -0.873. The Labute approximate surface area is 102 Å². The van der Waals surface area contributed by atoms with Crippen LogP contribution in [0.15, 0.2) is 0 Å². The highest BCUT2D eigenvalue weighted by molar-refractivity contribution is 5.80. The molecule has 96 valence electrons. The van der Waals surface area contributed by atoms with Gasteiger partial charge in [-0.3, -0.25) is 9.59 Å². The van der Waals surface area contributed by atoms with Crippen molar-refractivity contribution in [2.75, 3.05) is 13.1 Å². The SMILES string of the molecule is O=C(O)[C@@H]1CCC[C@H](C(=O)N2CCCCC2)C1. The Morgan fingerprint density at radius 2 is 1.59 bits per heavy atom. The summed E-state index contributed by atoms with van der Waals surface area (Å²) in [5, 5.41) is 9.02. The van der Waals surface area contributed by atoms with Crippen LogP contribution in [0, 0.1) is 11.8 Å². The van der Waals surface area contributed by atoms with Crippen molar-refractivity contribution in [3.05, 3.63) is 0 Å². The molecule has 1 saturated carbocycles. The van der Waals surface area contributed by atoms with Gasteiger partial charge in [-0.1, -0.05) is 6.42 Å². The van der Waals surface area contributed by atoms with Crippen molar-refractivity contribution in [1.29, 1.82) is 0 Å². The molecule has 0 spiro atoms. The lowest BCUT2D eigenvalue weighted by Crippen LogP contribution is -2.41. The summed E-state index contributed by atoms with van der Waals surface area (Å²) < 4.78 is 0. The van der Waals surface area contributed by atoms with Crippen LogP contribution in [0.3, 0.4) is 0 Å². The van der Waals surface area contributed by atoms with Crippen molar-refractivity contribution in [1.82, 2.24) is 4.90 Å². The van der Waals surface area contributed by atoms with Gasteiger partial charge in [0.2, 0.25) is 5.91 Å². The molecule has 0 aromatic carbocycles. The fourth-order valence-electron chi connectivity index (χ4n) is 3.01. The number of carboxylic acid groups (broad SMARTS) is 1. The number of nitrogens with zero attached hydrogens (tertiary/aromatic N) is 1. The highest BCUT2D eigenvalue weighted by Crippen LogP contribution is 2.31. The van der Waals surface area contributed by atoms with Gasteiger partial charge in [0.15, 0.2) is 0 Å². The molecule has 0 aromatic rings. The molecule has 1 saturated heterocycles. The van der Waals surface area contributed by atoms with E-state index in [1.54, 1.807) is 0 Å². The Hall–Kier alpha value is -1.06. The number of hydrogen-bond donors (Lipinski definition) is 1. The second kappa shape index (κ2) is 5.52. The summed E-state index contributed by atoms with van der Waals surface area (Å²) in [6, 6.07) is 0. The molecule has 1 N–H and O–H groups in total. The Morgan fingerprint density at radius 1 is 0.941 bits per heavy atom. The molecule has 2 rings (SSSR count). The highest BCUT2D eigenvalue weighted by Gasteiger charge is 2.33. The maximum absolute atomic E-state index is 12.3. The van der Waals surface area contributed by atoms with Gasteiger partial charge < -0.3 is 10.0 Å². The van der Waals surface area contributed by atoms with Gasteiger partial charge in [-0.25, -0.2) is 0 Å². The summed E-state index contributed by atoms with van der Waals surface area (Å²) >= 11 is 0. The molecule has 0 bridgehead atoms. The van der Waals surface area contributed by atoms with Gasteiger partial charge in [0.25, 0.3) is 0 Å². The fourth-order valence-corrected chi connectivity index (χ4v) is 3.01. The molecule has 0 aromatic heterocycles. The van der Waals surface area contributed by atoms with Gasteiger partial charge in [0.1, 0.15) is 0 Å². The molecule has 1 amide bonds. The van der Waals surface area contributed by atoms with Crippen LogP contribution in [0.5, 0.6) is 0 Å². The molecule has 1 heterocycles. The molecule has 0 radical (unpaired) electrons. The average Bonchev–Trinajstić information content (AvgIpc) is 2.39. The Kier molecular flexibility index (Phi) is 4.02. The van der Waals surface area contributed by atoms with Crippen LogP contribution in [0.4, 0.5) is 0 Å². The van der Waals surface area contributed by atoms with Crippen molar-refractivity contribution < 1.29 is 14.7 Å². The van der Waals surface area contributed by atoms with Crippen LogP contribution in [-0.2, 0) is 9.59 Å². The van der Waals surface area contributed by atoms with Gasteiger partial charge >= 0.3 is 5.97 Å². The molecule has 2 fully saturated rings. The molecular weight excluding hydrogens is 218 g/mol. The van der Waals surface area contributed by atoms with Gasteiger partial charge in [-0.2, -0.15) is 0 Å². The molecule has 2 atom stereocenters. The summed E-state index contributed by atoms with van der Waals surface area (Å²) in [6.45, 7) is 1.74. The Balaban J connectivity index is 1.91. The average molecular weight is 239 g/mol. The number of amides is 1. The van der Waals surface area contributed by atoms with E-state index < -0.39 is 5.97 Å². The summed E-state index contributed by atoms with van der Waals surface area (Å²) in [5.41, 5.74) is 0. The monoisotopic (exact) mass is 239 g/mol. The first-order valence-corrected chi connectivity index (χ1v) is 6.70. The lowest BCUT2D eigenvalue weighted by atomic mass is 9.80.